The lowest BCUT2D eigenvalue weighted by atomic mass is 10.1. The first-order chi connectivity index (χ1) is 6.36. The number of alkyl halides is 1. The second-order valence-electron chi connectivity index (χ2n) is 3.56. The van der Waals surface area contributed by atoms with Crippen molar-refractivity contribution in [1.82, 2.24) is 0 Å². The number of hydrogen-bond donors (Lipinski definition) is 0. The summed E-state index contributed by atoms with van der Waals surface area (Å²) in [5.74, 6) is 0. The Labute approximate surface area is 89.1 Å². The highest BCUT2D eigenvalue weighted by Crippen LogP contribution is 2.14. The van der Waals surface area contributed by atoms with Gasteiger partial charge in [0.1, 0.15) is 0 Å². The Morgan fingerprint density at radius 2 is 1.85 bits per heavy atom. The third-order valence-corrected chi connectivity index (χ3v) is 3.06. The third-order valence-electron chi connectivity index (χ3n) is 2.34. The van der Waals surface area contributed by atoms with Gasteiger partial charge in [0.2, 0.25) is 0 Å². The minimum atomic E-state index is 0.266. The van der Waals surface area contributed by atoms with Crippen molar-refractivity contribution in [3.63, 3.8) is 0 Å². The van der Waals surface area contributed by atoms with Gasteiger partial charge in [-0.2, -0.15) is 0 Å². The summed E-state index contributed by atoms with van der Waals surface area (Å²) in [6.07, 6.45) is 5.62. The van der Waals surface area contributed by atoms with Crippen LogP contribution in [0.1, 0.15) is 32.6 Å². The maximum absolute atomic E-state index is 5.67. The van der Waals surface area contributed by atoms with Crippen LogP contribution in [0.25, 0.3) is 0 Å². The van der Waals surface area contributed by atoms with Gasteiger partial charge in [-0.05, 0) is 6.42 Å². The van der Waals surface area contributed by atoms with Crippen LogP contribution in [0, 0.1) is 0 Å². The number of ether oxygens (including phenoxy) is 2. The smallest absolute Gasteiger partial charge is 0.0906 e. The van der Waals surface area contributed by atoms with Crippen LogP contribution in [-0.4, -0.2) is 30.8 Å². The molecule has 0 aromatic rings. The first kappa shape index (κ1) is 11.5. The fourth-order valence-electron chi connectivity index (χ4n) is 1.46. The summed E-state index contributed by atoms with van der Waals surface area (Å²) < 4.78 is 11.3. The van der Waals surface area contributed by atoms with E-state index in [9.17, 15) is 0 Å². The molecule has 0 aliphatic carbocycles. The number of halogens is 1. The summed E-state index contributed by atoms with van der Waals surface area (Å²) in [6, 6.07) is 0. The van der Waals surface area contributed by atoms with Crippen molar-refractivity contribution in [3.05, 3.63) is 0 Å². The van der Waals surface area contributed by atoms with Gasteiger partial charge in [-0.25, -0.2) is 0 Å². The van der Waals surface area contributed by atoms with Gasteiger partial charge in [0, 0.05) is 5.33 Å². The van der Waals surface area contributed by atoms with E-state index in [1.165, 1.54) is 19.3 Å². The van der Waals surface area contributed by atoms with Crippen LogP contribution in [0.15, 0.2) is 0 Å². The Hall–Kier alpha value is 0.400. The first-order valence-corrected chi connectivity index (χ1v) is 6.28. The molecular formula is C10H19BrO2. The van der Waals surface area contributed by atoms with E-state index in [0.717, 1.165) is 25.0 Å². The molecule has 0 radical (unpaired) electrons. The third kappa shape index (κ3) is 4.43. The van der Waals surface area contributed by atoms with Gasteiger partial charge in [0.05, 0.1) is 25.4 Å². The van der Waals surface area contributed by atoms with Crippen LogP contribution < -0.4 is 0 Å². The van der Waals surface area contributed by atoms with Gasteiger partial charge in [-0.3, -0.25) is 0 Å². The zero-order valence-corrected chi connectivity index (χ0v) is 9.88. The molecule has 0 spiro atoms. The second-order valence-corrected chi connectivity index (χ2v) is 4.21. The first-order valence-electron chi connectivity index (χ1n) is 5.16. The van der Waals surface area contributed by atoms with E-state index in [0.29, 0.717) is 6.10 Å². The predicted molar refractivity (Wildman–Crippen MR) is 57.4 cm³/mol. The molecule has 1 aliphatic rings. The van der Waals surface area contributed by atoms with E-state index in [-0.39, 0.29) is 6.10 Å². The lowest BCUT2D eigenvalue weighted by Gasteiger charge is -2.28. The topological polar surface area (TPSA) is 18.5 Å². The maximum atomic E-state index is 5.67. The van der Waals surface area contributed by atoms with Crippen molar-refractivity contribution < 1.29 is 9.47 Å². The Balaban J connectivity index is 2.03. The van der Waals surface area contributed by atoms with Crippen molar-refractivity contribution in [3.8, 4) is 0 Å². The quantitative estimate of drug-likeness (QED) is 0.552. The molecule has 0 N–H and O–H groups in total. The molecule has 0 bridgehead atoms. The molecule has 1 heterocycles. The lowest BCUT2D eigenvalue weighted by Crippen LogP contribution is -2.36. The molecule has 2 unspecified atom stereocenters. The minimum absolute atomic E-state index is 0.266. The lowest BCUT2D eigenvalue weighted by molar-refractivity contribution is -0.126. The fraction of sp³-hybridized carbons (Fsp3) is 1.00. The van der Waals surface area contributed by atoms with E-state index < -0.39 is 0 Å². The molecule has 2 atom stereocenters. The van der Waals surface area contributed by atoms with Crippen LogP contribution in [0.5, 0.6) is 0 Å². The molecule has 0 saturated carbocycles. The van der Waals surface area contributed by atoms with E-state index in [4.69, 9.17) is 9.47 Å². The van der Waals surface area contributed by atoms with Crippen LogP contribution in [0.2, 0.25) is 0 Å². The van der Waals surface area contributed by atoms with Crippen LogP contribution in [-0.2, 0) is 9.47 Å². The molecule has 1 saturated heterocycles. The van der Waals surface area contributed by atoms with Crippen LogP contribution in [0.3, 0.4) is 0 Å². The summed E-state index contributed by atoms with van der Waals surface area (Å²) in [6.45, 7) is 3.75. The van der Waals surface area contributed by atoms with E-state index in [1.807, 2.05) is 0 Å². The zero-order chi connectivity index (χ0) is 9.52. The largest absolute Gasteiger partial charge is 0.373 e. The Kier molecular flexibility index (Phi) is 6.00. The van der Waals surface area contributed by atoms with Gasteiger partial charge in [0.15, 0.2) is 0 Å². The highest BCUT2D eigenvalue weighted by molar-refractivity contribution is 9.09. The molecule has 0 aromatic heterocycles. The average molecular weight is 251 g/mol. The monoisotopic (exact) mass is 250 g/mol. The summed E-state index contributed by atoms with van der Waals surface area (Å²) in [7, 11) is 0. The predicted octanol–water partition coefficient (Wildman–Crippen LogP) is 2.75. The number of rotatable bonds is 5. The molecule has 2 nitrogen and oxygen atoms in total. The van der Waals surface area contributed by atoms with Gasteiger partial charge >= 0.3 is 0 Å². The number of hydrogen-bond acceptors (Lipinski definition) is 2. The van der Waals surface area contributed by atoms with Gasteiger partial charge < -0.3 is 9.47 Å². The molecule has 0 aromatic carbocycles. The second kappa shape index (κ2) is 6.80. The van der Waals surface area contributed by atoms with E-state index >= 15 is 0 Å². The molecule has 1 aliphatic heterocycles. The van der Waals surface area contributed by atoms with Crippen molar-refractivity contribution in [2.75, 3.05) is 18.5 Å². The molecule has 1 fully saturated rings. The highest BCUT2D eigenvalue weighted by Gasteiger charge is 2.20. The van der Waals surface area contributed by atoms with Crippen LogP contribution >= 0.6 is 15.9 Å². The normalized spacial score (nSPS) is 29.1. The van der Waals surface area contributed by atoms with Crippen molar-refractivity contribution in [2.45, 2.75) is 44.8 Å². The Bertz CT molecular complexity index is 119. The van der Waals surface area contributed by atoms with Gasteiger partial charge in [0.25, 0.3) is 0 Å². The van der Waals surface area contributed by atoms with E-state index in [1.54, 1.807) is 0 Å². The summed E-state index contributed by atoms with van der Waals surface area (Å²) in [5.41, 5.74) is 0. The summed E-state index contributed by atoms with van der Waals surface area (Å²) in [5, 5.41) is 0.884. The minimum Gasteiger partial charge on any atom is -0.373 e. The fourth-order valence-corrected chi connectivity index (χ4v) is 1.83. The summed E-state index contributed by atoms with van der Waals surface area (Å²) >= 11 is 3.39. The highest BCUT2D eigenvalue weighted by atomic mass is 79.9. The van der Waals surface area contributed by atoms with Crippen LogP contribution in [0.4, 0.5) is 0 Å². The maximum Gasteiger partial charge on any atom is 0.0906 e. The SMILES string of the molecule is CCCCCC1COC(CBr)CO1. The molecule has 0 amide bonds. The number of unbranched alkanes of at least 4 members (excludes halogenated alkanes) is 2. The van der Waals surface area contributed by atoms with Crippen molar-refractivity contribution >= 4 is 15.9 Å². The molecular weight excluding hydrogens is 232 g/mol. The van der Waals surface area contributed by atoms with Crippen molar-refractivity contribution in [2.24, 2.45) is 0 Å². The standard InChI is InChI=1S/C10H19BrO2/c1-2-3-4-5-9-7-13-10(6-11)8-12-9/h9-10H,2-8H2,1H3. The average Bonchev–Trinajstić information content (AvgIpc) is 2.19. The Morgan fingerprint density at radius 1 is 1.15 bits per heavy atom. The Morgan fingerprint density at radius 3 is 2.38 bits per heavy atom. The molecule has 78 valence electrons. The molecule has 1 rings (SSSR count). The molecule has 13 heavy (non-hydrogen) atoms. The van der Waals surface area contributed by atoms with Gasteiger partial charge in [-0.15, -0.1) is 0 Å². The summed E-state index contributed by atoms with van der Waals surface area (Å²) in [4.78, 5) is 0. The van der Waals surface area contributed by atoms with Gasteiger partial charge in [-0.1, -0.05) is 42.1 Å². The van der Waals surface area contributed by atoms with Crippen molar-refractivity contribution in [1.29, 1.82) is 0 Å². The molecule has 3 heteroatoms. The van der Waals surface area contributed by atoms with E-state index in [2.05, 4.69) is 22.9 Å². The zero-order valence-electron chi connectivity index (χ0n) is 8.30.